The molecule has 0 aliphatic carbocycles. The fourth-order valence-corrected chi connectivity index (χ4v) is 1.26. The number of carbonyl (C=O) groups is 1. The van der Waals surface area contributed by atoms with E-state index in [2.05, 4.69) is 17.2 Å². The smallest absolute Gasteiger partial charge is 0.226 e. The summed E-state index contributed by atoms with van der Waals surface area (Å²) in [5.41, 5.74) is 5.93. The zero-order valence-corrected chi connectivity index (χ0v) is 10.1. The van der Waals surface area contributed by atoms with E-state index in [0.717, 1.165) is 0 Å². The van der Waals surface area contributed by atoms with Crippen molar-refractivity contribution in [2.75, 3.05) is 25.6 Å². The van der Waals surface area contributed by atoms with Gasteiger partial charge in [-0.2, -0.15) is 0 Å². The van der Waals surface area contributed by atoms with Crippen LogP contribution in [0.4, 0.5) is 10.1 Å². The fourth-order valence-electron chi connectivity index (χ4n) is 1.26. The Morgan fingerprint density at radius 3 is 3.00 bits per heavy atom. The molecule has 5 heteroatoms. The molecule has 96 valence electrons. The minimum absolute atomic E-state index is 0.157. The van der Waals surface area contributed by atoms with Crippen molar-refractivity contribution in [3.63, 3.8) is 0 Å². The minimum Gasteiger partial charge on any atom is -0.384 e. The lowest BCUT2D eigenvalue weighted by Crippen LogP contribution is -2.13. The summed E-state index contributed by atoms with van der Waals surface area (Å²) in [7, 11) is 1.52. The number of ether oxygens (including phenoxy) is 1. The number of nitrogens with two attached hydrogens (primary N) is 1. The third kappa shape index (κ3) is 4.53. The quantitative estimate of drug-likeness (QED) is 0.787. The number of carbonyl (C=O) groups excluding carboxylic acids is 1. The zero-order chi connectivity index (χ0) is 13.4. The van der Waals surface area contributed by atoms with Crippen molar-refractivity contribution < 1.29 is 13.9 Å². The second kappa shape index (κ2) is 7.43. The highest BCUT2D eigenvalue weighted by atomic mass is 19.1. The molecule has 0 aliphatic rings. The van der Waals surface area contributed by atoms with Gasteiger partial charge in [0.15, 0.2) is 0 Å². The van der Waals surface area contributed by atoms with E-state index in [9.17, 15) is 9.18 Å². The second-order valence-corrected chi connectivity index (χ2v) is 3.49. The number of hydrogen-bond acceptors (Lipinski definition) is 3. The van der Waals surface area contributed by atoms with Gasteiger partial charge in [0.1, 0.15) is 5.82 Å². The summed E-state index contributed by atoms with van der Waals surface area (Å²) < 4.78 is 18.1. The zero-order valence-electron chi connectivity index (χ0n) is 10.1. The van der Waals surface area contributed by atoms with Crippen LogP contribution in [0.1, 0.15) is 12.0 Å². The van der Waals surface area contributed by atoms with Gasteiger partial charge in [-0.05, 0) is 18.2 Å². The van der Waals surface area contributed by atoms with Crippen molar-refractivity contribution in [1.82, 2.24) is 0 Å². The van der Waals surface area contributed by atoms with Gasteiger partial charge in [-0.25, -0.2) is 4.39 Å². The first-order chi connectivity index (χ1) is 8.67. The number of benzene rings is 1. The number of anilines is 1. The number of nitrogens with one attached hydrogen (secondary N) is 1. The van der Waals surface area contributed by atoms with E-state index >= 15 is 0 Å². The molecule has 1 amide bonds. The van der Waals surface area contributed by atoms with Crippen LogP contribution in [0.15, 0.2) is 18.2 Å². The van der Waals surface area contributed by atoms with E-state index in [1.165, 1.54) is 25.3 Å². The lowest BCUT2D eigenvalue weighted by atomic mass is 10.2. The van der Waals surface area contributed by atoms with Crippen molar-refractivity contribution in [3.8, 4) is 11.8 Å². The highest BCUT2D eigenvalue weighted by Crippen LogP contribution is 2.14. The summed E-state index contributed by atoms with van der Waals surface area (Å²) in [5.74, 6) is 4.54. The molecule has 0 aliphatic heterocycles. The predicted octanol–water partition coefficient (Wildman–Crippen LogP) is 1.11. The molecule has 4 nitrogen and oxygen atoms in total. The Morgan fingerprint density at radius 2 is 2.33 bits per heavy atom. The van der Waals surface area contributed by atoms with Crippen molar-refractivity contribution in [1.29, 1.82) is 0 Å². The molecule has 0 bridgehead atoms. The lowest BCUT2D eigenvalue weighted by Gasteiger charge is -2.05. The number of amides is 1. The molecule has 0 radical (unpaired) electrons. The molecule has 0 atom stereocenters. The lowest BCUT2D eigenvalue weighted by molar-refractivity contribution is -0.117. The highest BCUT2D eigenvalue weighted by molar-refractivity contribution is 5.90. The predicted molar refractivity (Wildman–Crippen MR) is 67.5 cm³/mol. The summed E-state index contributed by atoms with van der Waals surface area (Å²) >= 11 is 0. The molecule has 0 aromatic heterocycles. The van der Waals surface area contributed by atoms with Crippen molar-refractivity contribution in [2.45, 2.75) is 6.42 Å². The molecule has 0 fully saturated rings. The summed E-state index contributed by atoms with van der Waals surface area (Å²) in [6.07, 6.45) is 0.248. The van der Waals surface area contributed by atoms with Gasteiger partial charge in [0.2, 0.25) is 5.91 Å². The Balaban J connectivity index is 2.75. The maximum atomic E-state index is 13.4. The Bertz CT molecular complexity index is 478. The van der Waals surface area contributed by atoms with E-state index in [4.69, 9.17) is 10.5 Å². The van der Waals surface area contributed by atoms with Crippen LogP contribution in [0.5, 0.6) is 0 Å². The molecular formula is C13H15FN2O2. The molecule has 0 saturated carbocycles. The van der Waals surface area contributed by atoms with Crippen LogP contribution < -0.4 is 11.1 Å². The van der Waals surface area contributed by atoms with Gasteiger partial charge in [-0.3, -0.25) is 4.79 Å². The molecule has 18 heavy (non-hydrogen) atoms. The van der Waals surface area contributed by atoms with Gasteiger partial charge < -0.3 is 15.8 Å². The third-order valence-electron chi connectivity index (χ3n) is 2.11. The number of methoxy groups -OCH3 is 1. The molecule has 1 rings (SSSR count). The Hall–Kier alpha value is -1.90. The van der Waals surface area contributed by atoms with E-state index < -0.39 is 5.82 Å². The standard InChI is InChI=1S/C13H15FN2O2/c1-18-8-6-13(17)16-11-4-5-12(14)10(9-11)3-2-7-15/h4-5,9H,6-8,15H2,1H3,(H,16,17). The average Bonchev–Trinajstić information content (AvgIpc) is 2.37. The maximum absolute atomic E-state index is 13.4. The minimum atomic E-state index is -0.439. The van der Waals surface area contributed by atoms with Crippen molar-refractivity contribution >= 4 is 11.6 Å². The third-order valence-corrected chi connectivity index (χ3v) is 2.11. The Kier molecular flexibility index (Phi) is 5.85. The van der Waals surface area contributed by atoms with E-state index in [1.54, 1.807) is 0 Å². The van der Waals surface area contributed by atoms with Gasteiger partial charge in [0.25, 0.3) is 0 Å². The maximum Gasteiger partial charge on any atom is 0.226 e. The molecule has 3 N–H and O–H groups in total. The van der Waals surface area contributed by atoms with Gasteiger partial charge >= 0.3 is 0 Å². The molecule has 1 aromatic carbocycles. The molecule has 0 heterocycles. The van der Waals surface area contributed by atoms with Crippen LogP contribution in [0.2, 0.25) is 0 Å². The Morgan fingerprint density at radius 1 is 1.56 bits per heavy atom. The summed E-state index contributed by atoms with van der Waals surface area (Å²) in [6, 6.07) is 4.21. The van der Waals surface area contributed by atoms with Gasteiger partial charge in [0, 0.05) is 12.8 Å². The topological polar surface area (TPSA) is 64.3 Å². The summed E-state index contributed by atoms with van der Waals surface area (Å²) in [4.78, 5) is 11.4. The number of hydrogen-bond donors (Lipinski definition) is 2. The van der Waals surface area contributed by atoms with Gasteiger partial charge in [0.05, 0.1) is 25.1 Å². The molecular weight excluding hydrogens is 235 g/mol. The first-order valence-corrected chi connectivity index (χ1v) is 5.44. The van der Waals surface area contributed by atoms with Crippen LogP contribution in [0.3, 0.4) is 0 Å². The summed E-state index contributed by atoms with van der Waals surface area (Å²) in [5, 5.41) is 2.64. The van der Waals surface area contributed by atoms with Crippen LogP contribution in [0, 0.1) is 17.7 Å². The molecule has 1 aromatic rings. The van der Waals surface area contributed by atoms with Gasteiger partial charge in [-0.1, -0.05) is 11.8 Å². The number of halogens is 1. The first-order valence-electron chi connectivity index (χ1n) is 5.44. The normalized spacial score (nSPS) is 9.50. The van der Waals surface area contributed by atoms with Crippen LogP contribution in [-0.2, 0) is 9.53 Å². The summed E-state index contributed by atoms with van der Waals surface area (Å²) in [6.45, 7) is 0.497. The van der Waals surface area contributed by atoms with E-state index in [1.807, 2.05) is 0 Å². The highest BCUT2D eigenvalue weighted by Gasteiger charge is 2.05. The van der Waals surface area contributed by atoms with Crippen LogP contribution in [-0.4, -0.2) is 26.2 Å². The molecule has 0 saturated heterocycles. The monoisotopic (exact) mass is 250 g/mol. The number of rotatable bonds is 4. The largest absolute Gasteiger partial charge is 0.384 e. The van der Waals surface area contributed by atoms with Crippen LogP contribution >= 0.6 is 0 Å². The average molecular weight is 250 g/mol. The van der Waals surface area contributed by atoms with Crippen molar-refractivity contribution in [2.24, 2.45) is 5.73 Å². The van der Waals surface area contributed by atoms with Crippen molar-refractivity contribution in [3.05, 3.63) is 29.6 Å². The first kappa shape index (κ1) is 14.2. The fraction of sp³-hybridized carbons (Fsp3) is 0.308. The van der Waals surface area contributed by atoms with Crippen LogP contribution in [0.25, 0.3) is 0 Å². The SMILES string of the molecule is COCCC(=O)Nc1ccc(F)c(C#CCN)c1. The van der Waals surface area contributed by atoms with E-state index in [0.29, 0.717) is 12.3 Å². The molecule has 0 spiro atoms. The molecule has 0 unspecified atom stereocenters. The second-order valence-electron chi connectivity index (χ2n) is 3.49. The van der Waals surface area contributed by atoms with Gasteiger partial charge in [-0.15, -0.1) is 0 Å². The van der Waals surface area contributed by atoms with E-state index in [-0.39, 0.29) is 24.4 Å². The Labute approximate surface area is 105 Å².